The Morgan fingerprint density at radius 2 is 1.76 bits per heavy atom. The van der Waals surface area contributed by atoms with Crippen LogP contribution in [0.25, 0.3) is 0 Å². The number of benzene rings is 2. The maximum absolute atomic E-state index is 15.6. The molecule has 2 heterocycles. The minimum Gasteiger partial charge on any atom is -0.390 e. The van der Waals surface area contributed by atoms with Crippen LogP contribution in [0.15, 0.2) is 42.5 Å². The van der Waals surface area contributed by atoms with Gasteiger partial charge in [-0.2, -0.15) is 4.31 Å². The van der Waals surface area contributed by atoms with Crippen molar-refractivity contribution in [2.45, 2.75) is 75.4 Å². The number of nitrogens with one attached hydrogen (secondary N) is 1. The van der Waals surface area contributed by atoms with E-state index in [0.29, 0.717) is 38.2 Å². The van der Waals surface area contributed by atoms with Gasteiger partial charge in [0.15, 0.2) is 0 Å². The lowest BCUT2D eigenvalue weighted by Gasteiger charge is -2.54. The summed E-state index contributed by atoms with van der Waals surface area (Å²) in [6, 6.07) is 11.0. The number of aliphatic hydroxyl groups is 1. The predicted molar refractivity (Wildman–Crippen MR) is 137 cm³/mol. The number of ether oxygens (including phenoxy) is 1. The molecular weight excluding hydrogens is 498 g/mol. The lowest BCUT2D eigenvalue weighted by atomic mass is 9.62. The Bertz CT molecular complexity index is 1260. The molecule has 0 bridgehead atoms. The molecule has 0 aromatic heterocycles. The summed E-state index contributed by atoms with van der Waals surface area (Å²) < 4.78 is 64.9. The molecule has 0 amide bonds. The molecule has 5 rings (SSSR count). The molecule has 2 unspecified atom stereocenters. The standard InChI is InChI=1S/C28H36F2N2O4S/c1-19-9-10-25(20-7-5-4-6-8-20)37(34,35)32(19)13-21-11-24(30)22(12-23(21)29)28(14-27(3,33)15-28)31-16-26(2)17-36-18-26/h4-8,11-12,19,25,31,33H,9-10,13-18H2,1-3H3. The first kappa shape index (κ1) is 26.7. The fourth-order valence-corrected chi connectivity index (χ4v) is 8.38. The number of sulfonamides is 1. The third-order valence-corrected chi connectivity index (χ3v) is 10.7. The van der Waals surface area contributed by atoms with Gasteiger partial charge in [-0.05, 0) is 57.2 Å². The van der Waals surface area contributed by atoms with Gasteiger partial charge in [0.05, 0.1) is 24.4 Å². The zero-order valence-electron chi connectivity index (χ0n) is 21.6. The van der Waals surface area contributed by atoms with Gasteiger partial charge in [0, 0.05) is 35.7 Å². The Kier molecular flexibility index (Phi) is 6.76. The largest absolute Gasteiger partial charge is 0.390 e. The summed E-state index contributed by atoms with van der Waals surface area (Å²) in [5, 5.41) is 13.2. The highest BCUT2D eigenvalue weighted by molar-refractivity contribution is 7.89. The van der Waals surface area contributed by atoms with Gasteiger partial charge in [-0.1, -0.05) is 37.3 Å². The van der Waals surface area contributed by atoms with E-state index in [9.17, 15) is 13.5 Å². The summed E-state index contributed by atoms with van der Waals surface area (Å²) in [6.07, 6.45) is 1.62. The first-order valence-corrected chi connectivity index (χ1v) is 14.4. The molecule has 0 radical (unpaired) electrons. The van der Waals surface area contributed by atoms with Gasteiger partial charge in [-0.3, -0.25) is 0 Å². The lowest BCUT2D eigenvalue weighted by Crippen LogP contribution is -2.63. The molecule has 0 spiro atoms. The number of nitrogens with zero attached hydrogens (tertiary/aromatic N) is 1. The van der Waals surface area contributed by atoms with Crippen LogP contribution in [-0.4, -0.2) is 49.2 Å². The number of halogens is 2. The SMILES string of the molecule is CC1CCC(c2ccccc2)S(=O)(=O)N1Cc1cc(F)c(C2(NCC3(C)COC3)CC(C)(O)C2)cc1F. The van der Waals surface area contributed by atoms with Crippen molar-refractivity contribution in [1.29, 1.82) is 0 Å². The van der Waals surface area contributed by atoms with Crippen molar-refractivity contribution < 1.29 is 27.0 Å². The molecule has 3 fully saturated rings. The molecule has 6 nitrogen and oxygen atoms in total. The molecule has 9 heteroatoms. The summed E-state index contributed by atoms with van der Waals surface area (Å²) in [6.45, 7) is 7.07. The van der Waals surface area contributed by atoms with Crippen LogP contribution in [0.5, 0.6) is 0 Å². The van der Waals surface area contributed by atoms with Crippen LogP contribution in [0.4, 0.5) is 8.78 Å². The molecule has 2 atom stereocenters. The first-order chi connectivity index (χ1) is 17.3. The summed E-state index contributed by atoms with van der Waals surface area (Å²) >= 11 is 0. The van der Waals surface area contributed by atoms with Gasteiger partial charge in [-0.15, -0.1) is 0 Å². The van der Waals surface area contributed by atoms with Crippen LogP contribution >= 0.6 is 0 Å². The van der Waals surface area contributed by atoms with Crippen molar-refractivity contribution in [3.63, 3.8) is 0 Å². The third-order valence-electron chi connectivity index (χ3n) is 8.29. The Morgan fingerprint density at radius 1 is 1.08 bits per heavy atom. The highest BCUT2D eigenvalue weighted by atomic mass is 32.2. The topological polar surface area (TPSA) is 78.9 Å². The van der Waals surface area contributed by atoms with Crippen LogP contribution in [0.1, 0.15) is 68.4 Å². The highest BCUT2D eigenvalue weighted by Gasteiger charge is 2.54. The van der Waals surface area contributed by atoms with Crippen molar-refractivity contribution in [3.8, 4) is 0 Å². The summed E-state index contributed by atoms with van der Waals surface area (Å²) in [4.78, 5) is 0. The molecule has 202 valence electrons. The Labute approximate surface area is 218 Å². The molecular formula is C28H36F2N2O4S. The Hall–Kier alpha value is -1.91. The molecule has 2 aliphatic heterocycles. The number of rotatable bonds is 7. The number of hydrogen-bond donors (Lipinski definition) is 2. The molecule has 1 aliphatic carbocycles. The molecule has 2 N–H and O–H groups in total. The second-order valence-electron chi connectivity index (χ2n) is 11.9. The molecule has 1 saturated carbocycles. The van der Waals surface area contributed by atoms with Gasteiger partial charge >= 0.3 is 0 Å². The maximum atomic E-state index is 15.6. The van der Waals surface area contributed by atoms with Gasteiger partial charge in [0.2, 0.25) is 10.0 Å². The smallest absolute Gasteiger partial charge is 0.221 e. The van der Waals surface area contributed by atoms with Gasteiger partial charge in [-0.25, -0.2) is 17.2 Å². The fraction of sp³-hybridized carbons (Fsp3) is 0.571. The van der Waals surface area contributed by atoms with E-state index in [1.165, 1.54) is 10.4 Å². The molecule has 2 aromatic carbocycles. The van der Waals surface area contributed by atoms with E-state index in [0.717, 1.165) is 6.07 Å². The van der Waals surface area contributed by atoms with E-state index in [4.69, 9.17) is 4.74 Å². The Morgan fingerprint density at radius 3 is 2.35 bits per heavy atom. The van der Waals surface area contributed by atoms with Gasteiger partial charge in [0.25, 0.3) is 0 Å². The highest BCUT2D eigenvalue weighted by Crippen LogP contribution is 2.50. The van der Waals surface area contributed by atoms with E-state index < -0.39 is 38.0 Å². The van der Waals surface area contributed by atoms with E-state index >= 15 is 8.78 Å². The van der Waals surface area contributed by atoms with E-state index in [2.05, 4.69) is 12.2 Å². The van der Waals surface area contributed by atoms with Crippen molar-refractivity contribution in [2.75, 3.05) is 19.8 Å². The van der Waals surface area contributed by atoms with Crippen molar-refractivity contribution in [3.05, 3.63) is 70.8 Å². The number of hydrogen-bond acceptors (Lipinski definition) is 5. The van der Waals surface area contributed by atoms with Crippen molar-refractivity contribution in [2.24, 2.45) is 5.41 Å². The maximum Gasteiger partial charge on any atom is 0.221 e. The van der Waals surface area contributed by atoms with E-state index in [1.807, 2.05) is 13.0 Å². The normalized spacial score (nSPS) is 32.9. The lowest BCUT2D eigenvalue weighted by molar-refractivity contribution is -0.124. The monoisotopic (exact) mass is 534 g/mol. The van der Waals surface area contributed by atoms with Gasteiger partial charge in [0.1, 0.15) is 16.9 Å². The summed E-state index contributed by atoms with van der Waals surface area (Å²) in [5.41, 5.74) is -1.08. The minimum absolute atomic E-state index is 0.00553. The molecule has 2 aromatic rings. The van der Waals surface area contributed by atoms with Crippen molar-refractivity contribution in [1.82, 2.24) is 9.62 Å². The predicted octanol–water partition coefficient (Wildman–Crippen LogP) is 4.39. The van der Waals surface area contributed by atoms with Crippen molar-refractivity contribution >= 4 is 10.0 Å². The first-order valence-electron chi connectivity index (χ1n) is 12.9. The fourth-order valence-electron chi connectivity index (χ4n) is 6.19. The average molecular weight is 535 g/mol. The van der Waals surface area contributed by atoms with Crippen LogP contribution in [-0.2, 0) is 26.8 Å². The zero-order chi connectivity index (χ0) is 26.6. The quantitative estimate of drug-likeness (QED) is 0.551. The second-order valence-corrected chi connectivity index (χ2v) is 14.0. The van der Waals surface area contributed by atoms with Gasteiger partial charge < -0.3 is 15.2 Å². The van der Waals surface area contributed by atoms with E-state index in [1.54, 1.807) is 31.2 Å². The summed E-state index contributed by atoms with van der Waals surface area (Å²) in [5.74, 6) is -1.25. The van der Waals surface area contributed by atoms with Crippen LogP contribution in [0.3, 0.4) is 0 Å². The summed E-state index contributed by atoms with van der Waals surface area (Å²) in [7, 11) is -3.78. The Balaban J connectivity index is 1.41. The van der Waals surface area contributed by atoms with Crippen LogP contribution in [0.2, 0.25) is 0 Å². The average Bonchev–Trinajstić information content (AvgIpc) is 2.80. The molecule has 3 aliphatic rings. The minimum atomic E-state index is -3.78. The molecule has 2 saturated heterocycles. The van der Waals surface area contributed by atoms with Crippen LogP contribution < -0.4 is 5.32 Å². The van der Waals surface area contributed by atoms with Crippen LogP contribution in [0, 0.1) is 17.0 Å². The zero-order valence-corrected chi connectivity index (χ0v) is 22.5. The third kappa shape index (κ3) is 4.96. The molecule has 37 heavy (non-hydrogen) atoms. The van der Waals surface area contributed by atoms with E-state index in [-0.39, 0.29) is 42.0 Å². The second kappa shape index (κ2) is 9.38.